The Balaban J connectivity index is 1.92. The summed E-state index contributed by atoms with van der Waals surface area (Å²) in [6, 6.07) is 7.31. The predicted molar refractivity (Wildman–Crippen MR) is 94.0 cm³/mol. The molecule has 2 rings (SSSR count). The predicted octanol–water partition coefficient (Wildman–Crippen LogP) is 2.50. The molecule has 1 fully saturated rings. The van der Waals surface area contributed by atoms with E-state index in [0.29, 0.717) is 29.6 Å². The summed E-state index contributed by atoms with van der Waals surface area (Å²) in [6.45, 7) is 6.60. The van der Waals surface area contributed by atoms with Crippen molar-refractivity contribution in [2.45, 2.75) is 38.4 Å². The second-order valence-corrected chi connectivity index (χ2v) is 6.42. The standard InChI is InChI=1S/C17H26ClN3O2/c1-3-19-16(21-12-17(2)9-6-10-23-17)20-11-15(22)13-7-4-5-8-14(13)18/h4-5,7-8,15,22H,3,6,9-12H2,1-2H3,(H2,19,20,21). The lowest BCUT2D eigenvalue weighted by molar-refractivity contribution is 0.0283. The summed E-state index contributed by atoms with van der Waals surface area (Å²) < 4.78 is 5.75. The van der Waals surface area contributed by atoms with Crippen molar-refractivity contribution in [1.82, 2.24) is 10.6 Å². The number of rotatable bonds is 6. The third-order valence-corrected chi connectivity index (χ3v) is 4.29. The average Bonchev–Trinajstić information content (AvgIpc) is 2.97. The van der Waals surface area contributed by atoms with Gasteiger partial charge in [-0.25, -0.2) is 0 Å². The zero-order valence-electron chi connectivity index (χ0n) is 13.8. The van der Waals surface area contributed by atoms with Crippen LogP contribution < -0.4 is 10.6 Å². The molecule has 0 saturated carbocycles. The van der Waals surface area contributed by atoms with E-state index in [1.807, 2.05) is 25.1 Å². The van der Waals surface area contributed by atoms with Gasteiger partial charge in [0.2, 0.25) is 0 Å². The summed E-state index contributed by atoms with van der Waals surface area (Å²) in [6.07, 6.45) is 1.42. The third-order valence-electron chi connectivity index (χ3n) is 3.94. The van der Waals surface area contributed by atoms with E-state index < -0.39 is 6.10 Å². The highest BCUT2D eigenvalue weighted by atomic mass is 35.5. The normalized spacial score (nSPS) is 22.9. The van der Waals surface area contributed by atoms with Crippen molar-refractivity contribution >= 4 is 17.6 Å². The minimum absolute atomic E-state index is 0.177. The minimum atomic E-state index is -0.689. The van der Waals surface area contributed by atoms with Crippen LogP contribution >= 0.6 is 11.6 Å². The van der Waals surface area contributed by atoms with Crippen LogP contribution in [0.5, 0.6) is 0 Å². The quantitative estimate of drug-likeness (QED) is 0.550. The lowest BCUT2D eigenvalue weighted by Crippen LogP contribution is -2.41. The number of ether oxygens (including phenoxy) is 1. The fourth-order valence-corrected chi connectivity index (χ4v) is 2.86. The summed E-state index contributed by atoms with van der Waals surface area (Å²) in [5.41, 5.74) is 0.535. The molecule has 1 aliphatic rings. The highest BCUT2D eigenvalue weighted by molar-refractivity contribution is 6.31. The molecule has 2 atom stereocenters. The van der Waals surface area contributed by atoms with Gasteiger partial charge in [-0.2, -0.15) is 0 Å². The molecule has 2 unspecified atom stereocenters. The van der Waals surface area contributed by atoms with Crippen molar-refractivity contribution in [2.75, 3.05) is 26.2 Å². The summed E-state index contributed by atoms with van der Waals surface area (Å²) in [5, 5.41) is 17.2. The van der Waals surface area contributed by atoms with E-state index >= 15 is 0 Å². The van der Waals surface area contributed by atoms with Gasteiger partial charge in [-0.05, 0) is 32.8 Å². The molecule has 6 heteroatoms. The number of hydrogen-bond donors (Lipinski definition) is 3. The van der Waals surface area contributed by atoms with Gasteiger partial charge in [0.05, 0.1) is 18.2 Å². The number of guanidine groups is 1. The monoisotopic (exact) mass is 339 g/mol. The van der Waals surface area contributed by atoms with Crippen LogP contribution in [0.25, 0.3) is 0 Å². The van der Waals surface area contributed by atoms with Gasteiger partial charge in [-0.1, -0.05) is 29.8 Å². The van der Waals surface area contributed by atoms with Crippen molar-refractivity contribution in [3.05, 3.63) is 34.9 Å². The van der Waals surface area contributed by atoms with Crippen LogP contribution in [0.4, 0.5) is 0 Å². The Morgan fingerprint density at radius 1 is 1.43 bits per heavy atom. The molecule has 0 radical (unpaired) electrons. The summed E-state index contributed by atoms with van der Waals surface area (Å²) in [4.78, 5) is 4.58. The van der Waals surface area contributed by atoms with Crippen LogP contribution in [0.15, 0.2) is 29.3 Å². The van der Waals surface area contributed by atoms with Gasteiger partial charge in [0.15, 0.2) is 5.96 Å². The lowest BCUT2D eigenvalue weighted by Gasteiger charge is -2.22. The van der Waals surface area contributed by atoms with Crippen LogP contribution in [0.2, 0.25) is 5.02 Å². The van der Waals surface area contributed by atoms with Crippen LogP contribution in [0.1, 0.15) is 38.4 Å². The summed E-state index contributed by atoms with van der Waals surface area (Å²) in [5.74, 6) is 0.676. The van der Waals surface area contributed by atoms with Crippen LogP contribution in [-0.4, -0.2) is 42.9 Å². The molecule has 0 aromatic heterocycles. The average molecular weight is 340 g/mol. The van der Waals surface area contributed by atoms with E-state index in [-0.39, 0.29) is 5.60 Å². The molecule has 1 aliphatic heterocycles. The molecule has 128 valence electrons. The Bertz CT molecular complexity index is 530. The highest BCUT2D eigenvalue weighted by Crippen LogP contribution is 2.25. The molecule has 1 heterocycles. The number of halogens is 1. The molecular weight excluding hydrogens is 314 g/mol. The van der Waals surface area contributed by atoms with Gasteiger partial charge in [0.1, 0.15) is 0 Å². The molecule has 1 aromatic carbocycles. The molecule has 0 bridgehead atoms. The fourth-order valence-electron chi connectivity index (χ4n) is 2.60. The van der Waals surface area contributed by atoms with Crippen LogP contribution in [0.3, 0.4) is 0 Å². The van der Waals surface area contributed by atoms with Crippen LogP contribution in [0, 0.1) is 0 Å². The first-order valence-electron chi connectivity index (χ1n) is 8.13. The summed E-state index contributed by atoms with van der Waals surface area (Å²) >= 11 is 6.11. The zero-order valence-corrected chi connectivity index (χ0v) is 14.6. The number of aliphatic hydroxyl groups excluding tert-OH is 1. The van der Waals surface area contributed by atoms with E-state index in [1.165, 1.54) is 0 Å². The van der Waals surface area contributed by atoms with Gasteiger partial charge in [-0.3, -0.25) is 4.99 Å². The van der Waals surface area contributed by atoms with Gasteiger partial charge < -0.3 is 20.5 Å². The Morgan fingerprint density at radius 2 is 2.22 bits per heavy atom. The third kappa shape index (κ3) is 5.37. The molecule has 5 nitrogen and oxygen atoms in total. The Morgan fingerprint density at radius 3 is 2.87 bits per heavy atom. The van der Waals surface area contributed by atoms with Crippen molar-refractivity contribution in [3.63, 3.8) is 0 Å². The topological polar surface area (TPSA) is 65.9 Å². The maximum Gasteiger partial charge on any atom is 0.191 e. The Labute approximate surface area is 143 Å². The highest BCUT2D eigenvalue weighted by Gasteiger charge is 2.29. The molecule has 23 heavy (non-hydrogen) atoms. The van der Waals surface area contributed by atoms with Gasteiger partial charge in [-0.15, -0.1) is 0 Å². The second kappa shape index (κ2) is 8.52. The van der Waals surface area contributed by atoms with E-state index in [0.717, 1.165) is 26.0 Å². The Kier molecular flexibility index (Phi) is 6.69. The maximum absolute atomic E-state index is 10.3. The smallest absolute Gasteiger partial charge is 0.191 e. The van der Waals surface area contributed by atoms with Crippen molar-refractivity contribution < 1.29 is 9.84 Å². The number of hydrogen-bond acceptors (Lipinski definition) is 3. The minimum Gasteiger partial charge on any atom is -0.387 e. The lowest BCUT2D eigenvalue weighted by atomic mass is 10.0. The molecular formula is C17H26ClN3O2. The van der Waals surface area contributed by atoms with Crippen molar-refractivity contribution in [1.29, 1.82) is 0 Å². The van der Waals surface area contributed by atoms with Gasteiger partial charge >= 0.3 is 0 Å². The molecule has 1 saturated heterocycles. The van der Waals surface area contributed by atoms with Crippen LogP contribution in [-0.2, 0) is 4.74 Å². The zero-order chi connectivity index (χ0) is 16.7. The van der Waals surface area contributed by atoms with E-state index in [4.69, 9.17) is 16.3 Å². The number of benzene rings is 1. The number of aliphatic imine (C=N–C) groups is 1. The SMILES string of the molecule is CCNC(=NCC1(C)CCCO1)NCC(O)c1ccccc1Cl. The van der Waals surface area contributed by atoms with Gasteiger partial charge in [0.25, 0.3) is 0 Å². The number of aliphatic hydroxyl groups is 1. The van der Waals surface area contributed by atoms with E-state index in [9.17, 15) is 5.11 Å². The summed E-state index contributed by atoms with van der Waals surface area (Å²) in [7, 11) is 0. The van der Waals surface area contributed by atoms with Gasteiger partial charge in [0, 0.05) is 30.3 Å². The molecule has 0 spiro atoms. The van der Waals surface area contributed by atoms with E-state index in [1.54, 1.807) is 6.07 Å². The van der Waals surface area contributed by atoms with Crippen molar-refractivity contribution in [3.8, 4) is 0 Å². The maximum atomic E-state index is 10.3. The molecule has 1 aromatic rings. The second-order valence-electron chi connectivity index (χ2n) is 6.02. The molecule has 3 N–H and O–H groups in total. The first-order chi connectivity index (χ1) is 11.0. The molecule has 0 aliphatic carbocycles. The first-order valence-corrected chi connectivity index (χ1v) is 8.50. The molecule has 0 amide bonds. The largest absolute Gasteiger partial charge is 0.387 e. The Hall–Kier alpha value is -1.30. The number of nitrogens with zero attached hydrogens (tertiary/aromatic N) is 1. The van der Waals surface area contributed by atoms with Crippen molar-refractivity contribution in [2.24, 2.45) is 4.99 Å². The first kappa shape index (κ1) is 18.0. The fraction of sp³-hybridized carbons (Fsp3) is 0.588. The number of nitrogens with one attached hydrogen (secondary N) is 2. The van der Waals surface area contributed by atoms with E-state index in [2.05, 4.69) is 22.5 Å².